The van der Waals surface area contributed by atoms with Crippen LogP contribution in [-0.4, -0.2) is 62.3 Å². The number of nitrogens with one attached hydrogen (secondary N) is 1. The van der Waals surface area contributed by atoms with Crippen molar-refractivity contribution >= 4 is 21.6 Å². The average molecular weight is 411 g/mol. The van der Waals surface area contributed by atoms with E-state index in [2.05, 4.69) is 10.5 Å². The van der Waals surface area contributed by atoms with Gasteiger partial charge in [0.1, 0.15) is 11.5 Å². The normalized spacial score (nSPS) is 27.8. The molecule has 4 rings (SSSR count). The number of halogens is 1. The molecular weight excluding hydrogens is 389 g/mol. The minimum atomic E-state index is -3.76. The number of ether oxygens (including phenoxy) is 1. The van der Waals surface area contributed by atoms with Crippen LogP contribution in [0.2, 0.25) is 0 Å². The van der Waals surface area contributed by atoms with Gasteiger partial charge in [-0.15, -0.1) is 0 Å². The number of sulfonamides is 1. The van der Waals surface area contributed by atoms with Crippen LogP contribution in [0.25, 0.3) is 0 Å². The Morgan fingerprint density at radius 3 is 2.86 bits per heavy atom. The van der Waals surface area contributed by atoms with E-state index in [-0.39, 0.29) is 42.1 Å². The Morgan fingerprint density at radius 1 is 1.36 bits per heavy atom. The maximum Gasteiger partial charge on any atom is 0.269 e. The summed E-state index contributed by atoms with van der Waals surface area (Å²) in [5.74, 6) is -0.810. The second-order valence-electron chi connectivity index (χ2n) is 7.38. The van der Waals surface area contributed by atoms with E-state index >= 15 is 0 Å². The highest BCUT2D eigenvalue weighted by atomic mass is 32.2. The van der Waals surface area contributed by atoms with E-state index in [9.17, 15) is 17.6 Å². The fraction of sp³-hybridized carbons (Fsp3) is 0.556. The van der Waals surface area contributed by atoms with Crippen LogP contribution in [0.3, 0.4) is 0 Å². The van der Waals surface area contributed by atoms with Crippen LogP contribution < -0.4 is 5.32 Å². The molecule has 0 unspecified atom stereocenters. The summed E-state index contributed by atoms with van der Waals surface area (Å²) in [6.45, 7) is 1.49. The Morgan fingerprint density at radius 2 is 2.14 bits per heavy atom. The van der Waals surface area contributed by atoms with Gasteiger partial charge in [0.25, 0.3) is 5.91 Å². The molecule has 2 saturated heterocycles. The van der Waals surface area contributed by atoms with E-state index < -0.39 is 21.4 Å². The van der Waals surface area contributed by atoms with Gasteiger partial charge < -0.3 is 14.9 Å². The molecule has 0 aliphatic carbocycles. The van der Waals surface area contributed by atoms with Crippen LogP contribution >= 0.6 is 0 Å². The van der Waals surface area contributed by atoms with Crippen LogP contribution in [0.1, 0.15) is 25.7 Å². The predicted octanol–water partition coefficient (Wildman–Crippen LogP) is 1.03. The van der Waals surface area contributed by atoms with Gasteiger partial charge in [0.05, 0.1) is 17.5 Å². The number of carbonyl (C=O) groups excluding carboxylic acids is 1. The van der Waals surface area contributed by atoms with Gasteiger partial charge in [-0.1, -0.05) is 5.16 Å². The SMILES string of the molecule is O=C(NC[C@H]1CCCO1)C1=NO[C@@]2(CCN(S(=O)(=O)c3ccc(F)cc3)C2)C1. The lowest BCUT2D eigenvalue weighted by molar-refractivity contribution is -0.115. The molecule has 1 aromatic rings. The number of rotatable bonds is 5. The monoisotopic (exact) mass is 411 g/mol. The zero-order chi connectivity index (χ0) is 19.8. The largest absolute Gasteiger partial charge is 0.387 e. The van der Waals surface area contributed by atoms with E-state index in [0.717, 1.165) is 25.0 Å². The molecule has 10 heteroatoms. The molecule has 3 aliphatic heterocycles. The topological polar surface area (TPSA) is 97.3 Å². The fourth-order valence-electron chi connectivity index (χ4n) is 3.74. The summed E-state index contributed by atoms with van der Waals surface area (Å²) < 4.78 is 45.4. The second-order valence-corrected chi connectivity index (χ2v) is 9.31. The zero-order valence-electron chi connectivity index (χ0n) is 15.3. The minimum absolute atomic E-state index is 0.0272. The number of carbonyl (C=O) groups is 1. The molecule has 3 aliphatic rings. The molecule has 0 aromatic heterocycles. The Labute approximate surface area is 162 Å². The quantitative estimate of drug-likeness (QED) is 0.781. The maximum absolute atomic E-state index is 13.1. The van der Waals surface area contributed by atoms with Gasteiger partial charge in [-0.2, -0.15) is 4.31 Å². The van der Waals surface area contributed by atoms with E-state index in [4.69, 9.17) is 9.57 Å². The summed E-state index contributed by atoms with van der Waals surface area (Å²) in [5, 5.41) is 6.71. The Kier molecular flexibility index (Phi) is 5.11. The smallest absolute Gasteiger partial charge is 0.269 e. The van der Waals surface area contributed by atoms with Crippen molar-refractivity contribution in [3.05, 3.63) is 30.1 Å². The number of hydrogen-bond donors (Lipinski definition) is 1. The van der Waals surface area contributed by atoms with E-state index in [1.54, 1.807) is 0 Å². The third-order valence-corrected chi connectivity index (χ3v) is 7.21. The van der Waals surface area contributed by atoms with Crippen molar-refractivity contribution in [2.75, 3.05) is 26.2 Å². The highest BCUT2D eigenvalue weighted by Gasteiger charge is 2.49. The molecule has 152 valence electrons. The number of hydrogen-bond acceptors (Lipinski definition) is 6. The van der Waals surface area contributed by atoms with Gasteiger partial charge in [0.15, 0.2) is 5.60 Å². The molecule has 1 amide bonds. The van der Waals surface area contributed by atoms with Crippen LogP contribution in [0.4, 0.5) is 4.39 Å². The summed E-state index contributed by atoms with van der Waals surface area (Å²) in [6, 6.07) is 4.71. The number of nitrogens with zero attached hydrogens (tertiary/aromatic N) is 2. The first kappa shape index (κ1) is 19.3. The van der Waals surface area contributed by atoms with Crippen LogP contribution in [0.5, 0.6) is 0 Å². The highest BCUT2D eigenvalue weighted by molar-refractivity contribution is 7.89. The summed E-state index contributed by atoms with van der Waals surface area (Å²) in [4.78, 5) is 17.9. The molecule has 0 saturated carbocycles. The van der Waals surface area contributed by atoms with Crippen molar-refractivity contribution in [2.45, 2.75) is 42.3 Å². The van der Waals surface area contributed by atoms with Crippen molar-refractivity contribution < 1.29 is 27.2 Å². The summed E-state index contributed by atoms with van der Waals surface area (Å²) in [5.41, 5.74) is -0.567. The molecule has 1 N–H and O–H groups in total. The number of oxime groups is 1. The van der Waals surface area contributed by atoms with Crippen molar-refractivity contribution in [3.8, 4) is 0 Å². The molecule has 28 heavy (non-hydrogen) atoms. The fourth-order valence-corrected chi connectivity index (χ4v) is 5.26. The molecule has 2 fully saturated rings. The summed E-state index contributed by atoms with van der Waals surface area (Å²) >= 11 is 0. The van der Waals surface area contributed by atoms with Crippen molar-refractivity contribution in [1.82, 2.24) is 9.62 Å². The van der Waals surface area contributed by atoms with E-state index in [1.807, 2.05) is 0 Å². The van der Waals surface area contributed by atoms with Crippen molar-refractivity contribution in [2.24, 2.45) is 5.16 Å². The van der Waals surface area contributed by atoms with Gasteiger partial charge in [-0.3, -0.25) is 4.79 Å². The Hall–Kier alpha value is -2.04. The Bertz CT molecular complexity index is 883. The van der Waals surface area contributed by atoms with E-state index in [0.29, 0.717) is 19.6 Å². The third kappa shape index (κ3) is 3.76. The third-order valence-electron chi connectivity index (χ3n) is 5.35. The van der Waals surface area contributed by atoms with Crippen molar-refractivity contribution in [1.29, 1.82) is 0 Å². The molecule has 2 atom stereocenters. The standard InChI is InChI=1S/C18H22FN3O5S/c19-13-3-5-15(6-4-13)28(24,25)22-8-7-18(12-22)10-16(21-27-18)17(23)20-11-14-2-1-9-26-14/h3-6,14H,1-2,7-12H2,(H,20,23)/t14-,18+/m1/s1. The van der Waals surface area contributed by atoms with Crippen molar-refractivity contribution in [3.63, 3.8) is 0 Å². The first-order valence-electron chi connectivity index (χ1n) is 9.29. The summed E-state index contributed by atoms with van der Waals surface area (Å²) in [7, 11) is -3.76. The molecule has 8 nitrogen and oxygen atoms in total. The molecule has 0 radical (unpaired) electrons. The highest BCUT2D eigenvalue weighted by Crippen LogP contribution is 2.36. The van der Waals surface area contributed by atoms with Gasteiger partial charge in [-0.25, -0.2) is 12.8 Å². The minimum Gasteiger partial charge on any atom is -0.387 e. The van der Waals surface area contributed by atoms with Crippen LogP contribution in [-0.2, 0) is 24.4 Å². The lowest BCUT2D eigenvalue weighted by Gasteiger charge is -2.21. The molecule has 3 heterocycles. The molecular formula is C18H22FN3O5S. The molecule has 1 spiro atoms. The average Bonchev–Trinajstić information content (AvgIpc) is 3.42. The maximum atomic E-state index is 13.1. The zero-order valence-corrected chi connectivity index (χ0v) is 16.1. The lowest BCUT2D eigenvalue weighted by Crippen LogP contribution is -2.40. The Balaban J connectivity index is 1.36. The van der Waals surface area contributed by atoms with Gasteiger partial charge in [-0.05, 0) is 37.1 Å². The first-order valence-corrected chi connectivity index (χ1v) is 10.7. The van der Waals surface area contributed by atoms with Gasteiger partial charge in [0, 0.05) is 32.5 Å². The lowest BCUT2D eigenvalue weighted by atomic mass is 9.96. The first-order chi connectivity index (χ1) is 13.4. The van der Waals surface area contributed by atoms with Gasteiger partial charge in [0.2, 0.25) is 10.0 Å². The predicted molar refractivity (Wildman–Crippen MR) is 97.6 cm³/mol. The molecule has 1 aromatic carbocycles. The summed E-state index contributed by atoms with van der Waals surface area (Å²) in [6.07, 6.45) is 2.62. The molecule has 0 bridgehead atoms. The van der Waals surface area contributed by atoms with Gasteiger partial charge >= 0.3 is 0 Å². The van der Waals surface area contributed by atoms with E-state index in [1.165, 1.54) is 16.4 Å². The number of benzene rings is 1. The van der Waals surface area contributed by atoms with Crippen LogP contribution in [0, 0.1) is 5.82 Å². The van der Waals surface area contributed by atoms with Crippen LogP contribution in [0.15, 0.2) is 34.3 Å². The number of amides is 1. The second kappa shape index (κ2) is 7.41.